The van der Waals surface area contributed by atoms with Crippen LogP contribution < -0.4 is 5.73 Å². The van der Waals surface area contributed by atoms with E-state index < -0.39 is 11.2 Å². The number of hydrogen-bond donors (Lipinski definition) is 1. The number of aromatic nitrogens is 3. The Hall–Kier alpha value is -2.05. The van der Waals surface area contributed by atoms with Crippen molar-refractivity contribution < 1.29 is 4.55 Å². The Labute approximate surface area is 145 Å². The lowest BCUT2D eigenvalue weighted by molar-refractivity contribution is 0.580. The average molecular weight is 342 g/mol. The summed E-state index contributed by atoms with van der Waals surface area (Å²) in [5.74, 6) is 1.19. The summed E-state index contributed by atoms with van der Waals surface area (Å²) in [5, 5.41) is 0. The van der Waals surface area contributed by atoms with Crippen molar-refractivity contribution in [2.24, 2.45) is 0 Å². The highest BCUT2D eigenvalue weighted by Crippen LogP contribution is 2.21. The second-order valence-electron chi connectivity index (χ2n) is 5.88. The van der Waals surface area contributed by atoms with Crippen molar-refractivity contribution in [3.63, 3.8) is 0 Å². The minimum atomic E-state index is -0.897. The summed E-state index contributed by atoms with van der Waals surface area (Å²) >= 11 is -0.897. The van der Waals surface area contributed by atoms with Crippen molar-refractivity contribution >= 4 is 28.0 Å². The number of anilines is 1. The summed E-state index contributed by atoms with van der Waals surface area (Å²) in [4.78, 5) is 9.43. The van der Waals surface area contributed by atoms with E-state index in [2.05, 4.69) is 14.5 Å². The fourth-order valence-electron chi connectivity index (χ4n) is 2.82. The number of hydrogen-bond acceptors (Lipinski definition) is 4. The lowest BCUT2D eigenvalue weighted by Gasteiger charge is -2.10. The molecule has 0 aliphatic heterocycles. The maximum absolute atomic E-state index is 12.2. The number of nitrogens with zero attached hydrogens (tertiary/aromatic N) is 3. The highest BCUT2D eigenvalue weighted by Gasteiger charge is 2.11. The smallest absolute Gasteiger partial charge is 0.152 e. The lowest BCUT2D eigenvalue weighted by atomic mass is 10.2. The van der Waals surface area contributed by atoms with Gasteiger partial charge in [0.05, 0.1) is 11.8 Å². The van der Waals surface area contributed by atoms with E-state index in [9.17, 15) is 4.55 Å². The Morgan fingerprint density at radius 3 is 2.71 bits per heavy atom. The zero-order valence-corrected chi connectivity index (χ0v) is 14.6. The van der Waals surface area contributed by atoms with E-state index in [4.69, 9.17) is 5.73 Å². The number of imidazole rings is 1. The summed E-state index contributed by atoms with van der Waals surface area (Å²) < 4.78 is 14.3. The van der Waals surface area contributed by atoms with Crippen molar-refractivity contribution in [2.45, 2.75) is 37.6 Å². The first-order chi connectivity index (χ1) is 11.7. The van der Waals surface area contributed by atoms with Crippen molar-refractivity contribution in [3.05, 3.63) is 48.4 Å². The van der Waals surface area contributed by atoms with Crippen LogP contribution in [0.4, 0.5) is 5.82 Å². The topological polar surface area (TPSA) is 79.8 Å². The number of aryl methyl sites for hydroxylation is 2. The van der Waals surface area contributed by atoms with E-state index in [1.54, 1.807) is 6.20 Å². The number of benzene rings is 1. The second-order valence-corrected chi connectivity index (χ2v) is 7.46. The summed E-state index contributed by atoms with van der Waals surface area (Å²) in [6, 6.07) is 9.66. The number of nitrogens with two attached hydrogens (primary N) is 1. The predicted molar refractivity (Wildman–Crippen MR) is 98.2 cm³/mol. The van der Waals surface area contributed by atoms with Gasteiger partial charge in [0, 0.05) is 12.7 Å². The van der Waals surface area contributed by atoms with E-state index in [1.807, 2.05) is 43.6 Å². The van der Waals surface area contributed by atoms with Gasteiger partial charge in [0.15, 0.2) is 10.7 Å². The molecule has 6 heteroatoms. The van der Waals surface area contributed by atoms with E-state index in [0.29, 0.717) is 11.6 Å². The molecule has 1 aromatic carbocycles. The molecule has 0 aliphatic carbocycles. The highest BCUT2D eigenvalue weighted by atomic mass is 32.2. The molecule has 0 aliphatic rings. The molecule has 0 fully saturated rings. The van der Waals surface area contributed by atoms with E-state index >= 15 is 0 Å². The molecule has 24 heavy (non-hydrogen) atoms. The minimum Gasteiger partial charge on any atom is -0.611 e. The van der Waals surface area contributed by atoms with Gasteiger partial charge >= 0.3 is 0 Å². The van der Waals surface area contributed by atoms with Crippen LogP contribution in [0.25, 0.3) is 11.0 Å². The molecule has 1 atom stereocenters. The van der Waals surface area contributed by atoms with Gasteiger partial charge < -0.3 is 14.9 Å². The molecule has 0 spiro atoms. The van der Waals surface area contributed by atoms with Crippen LogP contribution in [0.5, 0.6) is 0 Å². The molecule has 0 saturated carbocycles. The van der Waals surface area contributed by atoms with Crippen molar-refractivity contribution in [1.82, 2.24) is 14.5 Å². The maximum Gasteiger partial charge on any atom is 0.152 e. The van der Waals surface area contributed by atoms with Crippen LogP contribution in [-0.4, -0.2) is 24.8 Å². The van der Waals surface area contributed by atoms with Crippen molar-refractivity contribution in [1.29, 1.82) is 0 Å². The predicted octanol–water partition coefficient (Wildman–Crippen LogP) is 3.30. The third kappa shape index (κ3) is 3.71. The molecule has 0 saturated heterocycles. The molecule has 0 amide bonds. The van der Waals surface area contributed by atoms with Gasteiger partial charge in [0.1, 0.15) is 11.3 Å². The molecule has 126 valence electrons. The molecule has 5 nitrogen and oxygen atoms in total. The normalized spacial score (nSPS) is 12.6. The monoisotopic (exact) mass is 342 g/mol. The van der Waals surface area contributed by atoms with E-state index in [1.165, 1.54) is 0 Å². The van der Waals surface area contributed by atoms with E-state index in [-0.39, 0.29) is 0 Å². The standard InChI is InChI=1S/C18H22N4OS/c1-14-12-20-18(19)16-17(14)22(13-21-16)10-6-3-7-11-24(23)15-8-4-2-5-9-15/h2,4-5,8-9,12-13H,3,6-7,10-11H2,1H3,(H2,19,20). The van der Waals surface area contributed by atoms with Gasteiger partial charge in [0.2, 0.25) is 0 Å². The first-order valence-corrected chi connectivity index (χ1v) is 9.48. The Balaban J connectivity index is 1.50. The van der Waals surface area contributed by atoms with Crippen LogP contribution in [0.15, 0.2) is 47.8 Å². The van der Waals surface area contributed by atoms with Gasteiger partial charge in [0.25, 0.3) is 0 Å². The lowest BCUT2D eigenvalue weighted by Crippen LogP contribution is -2.07. The van der Waals surface area contributed by atoms with Crippen LogP contribution in [0, 0.1) is 6.92 Å². The molecular weight excluding hydrogens is 320 g/mol. The highest BCUT2D eigenvalue weighted by molar-refractivity contribution is 7.91. The first kappa shape index (κ1) is 16.8. The van der Waals surface area contributed by atoms with Gasteiger partial charge in [-0.3, -0.25) is 0 Å². The van der Waals surface area contributed by atoms with Gasteiger partial charge in [-0.1, -0.05) is 18.2 Å². The van der Waals surface area contributed by atoms with Crippen molar-refractivity contribution in [2.75, 3.05) is 11.5 Å². The molecule has 2 N–H and O–H groups in total. The van der Waals surface area contributed by atoms with Gasteiger partial charge in [-0.2, -0.15) is 0 Å². The third-order valence-corrected chi connectivity index (χ3v) is 5.54. The van der Waals surface area contributed by atoms with E-state index in [0.717, 1.165) is 47.3 Å². The zero-order valence-electron chi connectivity index (χ0n) is 13.8. The Morgan fingerprint density at radius 2 is 1.92 bits per heavy atom. The Morgan fingerprint density at radius 1 is 1.12 bits per heavy atom. The first-order valence-electron chi connectivity index (χ1n) is 8.16. The van der Waals surface area contributed by atoms with Crippen LogP contribution in [0.3, 0.4) is 0 Å². The number of pyridine rings is 1. The molecule has 2 heterocycles. The zero-order chi connectivity index (χ0) is 16.9. The molecular formula is C18H22N4OS. The fraction of sp³-hybridized carbons (Fsp3) is 0.333. The quantitative estimate of drug-likeness (QED) is 0.528. The summed E-state index contributed by atoms with van der Waals surface area (Å²) in [7, 11) is 0. The molecule has 2 aromatic heterocycles. The summed E-state index contributed by atoms with van der Waals surface area (Å²) in [6.07, 6.45) is 6.64. The van der Waals surface area contributed by atoms with Crippen LogP contribution in [0.1, 0.15) is 24.8 Å². The summed E-state index contributed by atoms with van der Waals surface area (Å²) in [5.41, 5.74) is 8.81. The largest absolute Gasteiger partial charge is 0.611 e. The van der Waals surface area contributed by atoms with Crippen LogP contribution in [-0.2, 0) is 17.7 Å². The molecule has 3 rings (SSSR count). The third-order valence-electron chi connectivity index (χ3n) is 4.09. The van der Waals surface area contributed by atoms with Gasteiger partial charge in [-0.05, 0) is 55.1 Å². The number of rotatable bonds is 7. The van der Waals surface area contributed by atoms with Gasteiger partial charge in [-0.15, -0.1) is 0 Å². The number of unbranched alkanes of at least 4 members (excludes halogenated alkanes) is 2. The Bertz CT molecular complexity index is 803. The molecule has 1 unspecified atom stereocenters. The fourth-order valence-corrected chi connectivity index (χ4v) is 3.99. The van der Waals surface area contributed by atoms with Crippen LogP contribution in [0.2, 0.25) is 0 Å². The van der Waals surface area contributed by atoms with Crippen molar-refractivity contribution in [3.8, 4) is 0 Å². The molecule has 3 aromatic rings. The van der Waals surface area contributed by atoms with Gasteiger partial charge in [-0.25, -0.2) is 9.97 Å². The SMILES string of the molecule is Cc1cnc(N)c2ncn(CCCCC[S+]([O-])c3ccccc3)c12. The maximum atomic E-state index is 12.2. The molecule has 0 bridgehead atoms. The summed E-state index contributed by atoms with van der Waals surface area (Å²) in [6.45, 7) is 2.91. The number of fused-ring (bicyclic) bond motifs is 1. The molecule has 0 radical (unpaired) electrons. The minimum absolute atomic E-state index is 0.479. The van der Waals surface area contributed by atoms with Crippen LogP contribution >= 0.6 is 0 Å². The average Bonchev–Trinajstić information content (AvgIpc) is 3.04. The Kier molecular flexibility index (Phi) is 5.37. The second kappa shape index (κ2) is 7.68. The number of nitrogen functional groups attached to an aromatic ring is 1.